The topological polar surface area (TPSA) is 49.1 Å². The number of furan rings is 2. The molecule has 17 aromatic carbocycles. The average molecular weight is 1640 g/mol. The summed E-state index contributed by atoms with van der Waals surface area (Å²) >= 11 is 0. The molecule has 614 valence electrons. The van der Waals surface area contributed by atoms with Crippen molar-refractivity contribution >= 4 is 179 Å². The molecule has 0 N–H and O–H groups in total. The Kier molecular flexibility index (Phi) is 17.5. The summed E-state index contributed by atoms with van der Waals surface area (Å²) in [6.07, 6.45) is 0. The molecule has 0 fully saturated rings. The molecule has 23 rings (SSSR count). The van der Waals surface area contributed by atoms with Crippen LogP contribution in [0.25, 0.3) is 121 Å². The predicted octanol–water partition coefficient (Wildman–Crippen LogP) is 31.2. The van der Waals surface area contributed by atoms with E-state index in [0.29, 0.717) is 22.3 Å². The molecule has 0 amide bonds. The first kappa shape index (κ1) is 77.0. The third-order valence-electron chi connectivity index (χ3n) is 26.8. The zero-order valence-corrected chi connectivity index (χ0v) is 73.8. The monoisotopic (exact) mass is 1640 g/mol. The summed E-state index contributed by atoms with van der Waals surface area (Å²) in [5.41, 5.74) is 35.1. The van der Waals surface area contributed by atoms with E-state index in [1.807, 2.05) is 0 Å². The van der Waals surface area contributed by atoms with Crippen LogP contribution in [-0.2, 0) is 21.7 Å². The summed E-state index contributed by atoms with van der Waals surface area (Å²) in [6, 6.07) is 137. The summed E-state index contributed by atoms with van der Waals surface area (Å²) in [6.45, 7) is 28.3. The van der Waals surface area contributed by atoms with Crippen molar-refractivity contribution in [2.75, 3.05) is 19.6 Å². The number of rotatable bonds is 14. The van der Waals surface area contributed by atoms with Gasteiger partial charge in [0.05, 0.1) is 27.5 Å². The molecular weight excluding hydrogens is 1540 g/mol. The first-order valence-electron chi connectivity index (χ1n) is 44.6. The van der Waals surface area contributed by atoms with Crippen LogP contribution >= 0.6 is 0 Å². The number of nitrogens with zero attached hydrogens (tertiary/aromatic N) is 6. The second-order valence-electron chi connectivity index (χ2n) is 38.9. The SMILES string of the molecule is CC(C)(C)c1ccc2c(c1)c1cc(C(C)(C)C)cc3c1n2-c1cc(-c2ccc(-c4ccccc4N(c4ccccc4)c4c5oc6cc(N(c7ccccc7)c7ccccc7)ccc6c5c(N(c5ccccc5)c5ccccc5)c5oc6cc(N(c7ccccc7)c7ccccc7)ccc6c45)cc2)cc2c1B3c1cc(C(C)(C)C)cc3c4cc(C(C)(C)C)ccc4n-2c13. The average Bonchev–Trinajstić information content (AvgIpc) is 1.53. The maximum absolute atomic E-state index is 8.05. The number of hydrogen-bond donors (Lipinski definition) is 0. The maximum atomic E-state index is 8.05. The fraction of sp³-hybridized carbons (Fsp3) is 0.136. The smallest absolute Gasteiger partial charge is 0.252 e. The minimum atomic E-state index is -0.127. The van der Waals surface area contributed by atoms with E-state index in [0.717, 1.165) is 112 Å². The largest absolute Gasteiger partial charge is 0.454 e. The van der Waals surface area contributed by atoms with Crippen LogP contribution in [-0.4, -0.2) is 15.8 Å². The molecule has 2 aliphatic rings. The van der Waals surface area contributed by atoms with Crippen molar-refractivity contribution in [2.24, 2.45) is 0 Å². The molecule has 127 heavy (non-hydrogen) atoms. The summed E-state index contributed by atoms with van der Waals surface area (Å²) in [5.74, 6) is 0. The Labute approximate surface area is 742 Å². The van der Waals surface area contributed by atoms with Crippen LogP contribution in [0.5, 0.6) is 0 Å². The summed E-state index contributed by atoms with van der Waals surface area (Å²) in [4.78, 5) is 9.44. The van der Waals surface area contributed by atoms with Crippen molar-refractivity contribution < 1.29 is 8.83 Å². The van der Waals surface area contributed by atoms with Crippen molar-refractivity contribution in [3.63, 3.8) is 0 Å². The van der Waals surface area contributed by atoms with Crippen molar-refractivity contribution in [1.82, 2.24) is 9.13 Å². The number of benzene rings is 17. The molecule has 0 aliphatic carbocycles. The van der Waals surface area contributed by atoms with E-state index in [2.05, 4.69) is 482 Å². The normalized spacial score (nSPS) is 12.7. The number of hydrogen-bond acceptors (Lipinski definition) is 6. The van der Waals surface area contributed by atoms with Crippen LogP contribution in [0.2, 0.25) is 0 Å². The number of fused-ring (bicyclic) bond motifs is 16. The predicted molar refractivity (Wildman–Crippen MR) is 539 cm³/mol. The van der Waals surface area contributed by atoms with Gasteiger partial charge in [-0.05, 0) is 241 Å². The lowest BCUT2D eigenvalue weighted by Gasteiger charge is -2.36. The van der Waals surface area contributed by atoms with Gasteiger partial charge >= 0.3 is 0 Å². The van der Waals surface area contributed by atoms with Crippen molar-refractivity contribution in [3.8, 4) is 33.6 Å². The van der Waals surface area contributed by atoms with Gasteiger partial charge in [-0.3, -0.25) is 0 Å². The van der Waals surface area contributed by atoms with Gasteiger partial charge in [-0.25, -0.2) is 0 Å². The summed E-state index contributed by atoms with van der Waals surface area (Å²) in [5, 5.41) is 8.81. The minimum Gasteiger partial charge on any atom is -0.454 e. The zero-order valence-electron chi connectivity index (χ0n) is 73.8. The van der Waals surface area contributed by atoms with Gasteiger partial charge in [0.2, 0.25) is 0 Å². The second-order valence-corrected chi connectivity index (χ2v) is 38.9. The number of aromatic nitrogens is 2. The van der Waals surface area contributed by atoms with Gasteiger partial charge < -0.3 is 37.6 Å². The van der Waals surface area contributed by atoms with Crippen LogP contribution in [0.4, 0.5) is 68.2 Å². The Morgan fingerprint density at radius 1 is 0.252 bits per heavy atom. The molecule has 6 heterocycles. The lowest BCUT2D eigenvalue weighted by molar-refractivity contribution is 0.590. The third-order valence-corrected chi connectivity index (χ3v) is 26.8. The highest BCUT2D eigenvalue weighted by Gasteiger charge is 2.44. The van der Waals surface area contributed by atoms with E-state index in [-0.39, 0.29) is 28.4 Å². The van der Waals surface area contributed by atoms with Gasteiger partial charge in [-0.1, -0.05) is 277 Å². The second kappa shape index (κ2) is 28.9. The fourth-order valence-corrected chi connectivity index (χ4v) is 20.4. The van der Waals surface area contributed by atoms with Crippen LogP contribution in [0.1, 0.15) is 105 Å². The Morgan fingerprint density at radius 2 is 0.583 bits per heavy atom. The van der Waals surface area contributed by atoms with E-state index in [4.69, 9.17) is 8.83 Å². The molecule has 0 spiro atoms. The van der Waals surface area contributed by atoms with Gasteiger partial charge in [0.15, 0.2) is 11.2 Å². The number of anilines is 12. The molecule has 0 atom stereocenters. The first-order chi connectivity index (χ1) is 61.6. The van der Waals surface area contributed by atoms with E-state index in [1.165, 1.54) is 93.6 Å². The summed E-state index contributed by atoms with van der Waals surface area (Å²) < 4.78 is 21.4. The molecule has 0 saturated carbocycles. The molecule has 0 radical (unpaired) electrons. The Bertz CT molecular complexity index is 7580. The van der Waals surface area contributed by atoms with Crippen LogP contribution in [0.3, 0.4) is 0 Å². The highest BCUT2D eigenvalue weighted by molar-refractivity contribution is 7.00. The van der Waals surface area contributed by atoms with Gasteiger partial charge in [0, 0.05) is 124 Å². The molecule has 8 nitrogen and oxygen atoms in total. The molecule has 0 bridgehead atoms. The van der Waals surface area contributed by atoms with Crippen LogP contribution in [0, 0.1) is 0 Å². The molecule has 2 aliphatic heterocycles. The molecule has 9 heteroatoms. The highest BCUT2D eigenvalue weighted by atomic mass is 16.3. The van der Waals surface area contributed by atoms with Crippen molar-refractivity contribution in [3.05, 3.63) is 392 Å². The Balaban J connectivity index is 0.780. The van der Waals surface area contributed by atoms with Gasteiger partial charge in [0.1, 0.15) is 22.5 Å². The lowest BCUT2D eigenvalue weighted by Crippen LogP contribution is -2.59. The maximum Gasteiger partial charge on any atom is 0.252 e. The fourth-order valence-electron chi connectivity index (χ4n) is 20.4. The zero-order chi connectivity index (χ0) is 86.3. The molecular formula is C118H97BN6O2. The Morgan fingerprint density at radius 3 is 0.961 bits per heavy atom. The number of para-hydroxylation sites is 8. The first-order valence-corrected chi connectivity index (χ1v) is 44.6. The molecule has 0 unspecified atom stereocenters. The van der Waals surface area contributed by atoms with Crippen LogP contribution in [0.15, 0.2) is 379 Å². The van der Waals surface area contributed by atoms with Gasteiger partial charge in [-0.15, -0.1) is 0 Å². The van der Waals surface area contributed by atoms with E-state index in [9.17, 15) is 0 Å². The third kappa shape index (κ3) is 12.5. The molecule has 21 aromatic rings. The standard InChI is InChI=1S/C118H97BN6O2/c1-115(2,3)77-56-62-100-93(66-77)95-68-79(117(7,8)9)70-97-109(95)124(100)102-64-76(65-103-108(102)119(97)98-71-80(118(10,11)12)69-96-94-67-78(116(4,5)6)57-63-101(94)125(103)110(96)98)74-52-54-75(55-53-74)90-50-34-35-51-99(90)123(87-48-32-19-33-49-87)112-107-92-61-59-89(121(83-40-24-15-25-41-83)84-42-26-16-27-43-84)73-105(92)126-113(107)111(122(85-44-28-17-29-45-85)86-46-30-18-31-47-86)106-91-60-58-88(72-104(91)127-114(106)112)120(81-36-20-13-21-37-81)82-38-22-14-23-39-82/h13-73H,1-12H3. The highest BCUT2D eigenvalue weighted by Crippen LogP contribution is 2.59. The minimum absolute atomic E-state index is 0.0629. The quantitative estimate of drug-likeness (QED) is 0.0799. The molecule has 0 saturated heterocycles. The lowest BCUT2D eigenvalue weighted by atomic mass is 9.34. The van der Waals surface area contributed by atoms with Crippen molar-refractivity contribution in [2.45, 2.75) is 105 Å². The van der Waals surface area contributed by atoms with E-state index in [1.54, 1.807) is 0 Å². The van der Waals surface area contributed by atoms with Gasteiger partial charge in [-0.2, -0.15) is 0 Å². The van der Waals surface area contributed by atoms with Crippen molar-refractivity contribution in [1.29, 1.82) is 0 Å². The van der Waals surface area contributed by atoms with E-state index < -0.39 is 0 Å². The summed E-state index contributed by atoms with van der Waals surface area (Å²) in [7, 11) is 0. The van der Waals surface area contributed by atoms with Gasteiger partial charge in [0.25, 0.3) is 6.71 Å². The van der Waals surface area contributed by atoms with Crippen LogP contribution < -0.4 is 36.0 Å². The Hall–Kier alpha value is -14.8. The van der Waals surface area contributed by atoms with E-state index >= 15 is 0 Å². The molecule has 4 aromatic heterocycles.